The van der Waals surface area contributed by atoms with Crippen LogP contribution in [0, 0.1) is 5.92 Å². The van der Waals surface area contributed by atoms with E-state index in [1.165, 1.54) is 5.69 Å². The van der Waals surface area contributed by atoms with Crippen LogP contribution in [0.5, 0.6) is 0 Å². The molecule has 3 heterocycles. The molecule has 0 radical (unpaired) electrons. The Kier molecular flexibility index (Phi) is 6.51. The summed E-state index contributed by atoms with van der Waals surface area (Å²) in [7, 11) is 4.09. The van der Waals surface area contributed by atoms with Gasteiger partial charge < -0.3 is 20.4 Å². The molecule has 4 aromatic rings. The molecule has 9 nitrogen and oxygen atoms in total. The van der Waals surface area contributed by atoms with E-state index in [0.717, 1.165) is 72.9 Å². The van der Waals surface area contributed by atoms with Gasteiger partial charge in [-0.15, -0.1) is 0 Å². The number of nitrogens with one attached hydrogen (secondary N) is 2. The van der Waals surface area contributed by atoms with Gasteiger partial charge in [-0.05, 0) is 56.3 Å². The second-order valence-electron chi connectivity index (χ2n) is 10.1. The van der Waals surface area contributed by atoms with Gasteiger partial charge in [0.1, 0.15) is 0 Å². The van der Waals surface area contributed by atoms with Gasteiger partial charge in [0.15, 0.2) is 0 Å². The van der Waals surface area contributed by atoms with Crippen molar-refractivity contribution in [3.05, 3.63) is 67.0 Å². The number of piperazine rings is 1. The van der Waals surface area contributed by atoms with Crippen molar-refractivity contribution >= 4 is 28.9 Å². The highest BCUT2D eigenvalue weighted by Gasteiger charge is 2.29. The zero-order valence-corrected chi connectivity index (χ0v) is 21.8. The standard InChI is InChI=1S/C29H32N8O/c1-35-14-16-37(17-15-35)24-5-3-4-23(18-24)33-29-30-13-12-26(34-29)25-19-31-36(2)27(25)20-8-10-22(11-9-20)32-28(38)21-6-7-21/h3-5,8-13,18-19,21H,6-7,14-17H2,1-2H3,(H,32,38)(H,30,33,34). The van der Waals surface area contributed by atoms with Crippen LogP contribution in [0.4, 0.5) is 23.0 Å². The monoisotopic (exact) mass is 508 g/mol. The number of likely N-dealkylation sites (N-methyl/N-ethyl adjacent to an activating group) is 1. The molecule has 2 fully saturated rings. The van der Waals surface area contributed by atoms with Gasteiger partial charge in [-0.3, -0.25) is 9.48 Å². The van der Waals surface area contributed by atoms with E-state index in [9.17, 15) is 4.79 Å². The molecule has 0 atom stereocenters. The minimum atomic E-state index is 0.106. The molecule has 1 saturated carbocycles. The van der Waals surface area contributed by atoms with Crippen LogP contribution in [-0.2, 0) is 11.8 Å². The highest BCUT2D eigenvalue weighted by Crippen LogP contribution is 2.33. The van der Waals surface area contributed by atoms with E-state index in [1.807, 2.05) is 54.3 Å². The summed E-state index contributed by atoms with van der Waals surface area (Å²) in [5, 5.41) is 10.9. The molecule has 2 aliphatic rings. The summed E-state index contributed by atoms with van der Waals surface area (Å²) in [6, 6.07) is 18.2. The molecule has 38 heavy (non-hydrogen) atoms. The lowest BCUT2D eigenvalue weighted by atomic mass is 10.1. The van der Waals surface area contributed by atoms with Crippen molar-refractivity contribution in [1.82, 2.24) is 24.6 Å². The molecule has 1 saturated heterocycles. The number of aromatic nitrogens is 4. The summed E-state index contributed by atoms with van der Waals surface area (Å²) in [5.74, 6) is 0.813. The van der Waals surface area contributed by atoms with Gasteiger partial charge in [-0.2, -0.15) is 5.10 Å². The summed E-state index contributed by atoms with van der Waals surface area (Å²) in [6.45, 7) is 4.16. The van der Waals surface area contributed by atoms with Crippen molar-refractivity contribution in [2.24, 2.45) is 13.0 Å². The lowest BCUT2D eigenvalue weighted by molar-refractivity contribution is -0.117. The summed E-state index contributed by atoms with van der Waals surface area (Å²) < 4.78 is 1.85. The molecule has 2 N–H and O–H groups in total. The van der Waals surface area contributed by atoms with Crippen molar-refractivity contribution in [3.63, 3.8) is 0 Å². The lowest BCUT2D eigenvalue weighted by Crippen LogP contribution is -2.44. The molecule has 2 aromatic heterocycles. The van der Waals surface area contributed by atoms with Gasteiger partial charge in [0, 0.05) is 73.5 Å². The van der Waals surface area contributed by atoms with Crippen LogP contribution in [0.1, 0.15) is 12.8 Å². The van der Waals surface area contributed by atoms with Gasteiger partial charge in [0.25, 0.3) is 0 Å². The Hall–Kier alpha value is -4.24. The average Bonchev–Trinajstić information content (AvgIpc) is 3.72. The zero-order chi connectivity index (χ0) is 26.1. The summed E-state index contributed by atoms with van der Waals surface area (Å²) in [6.07, 6.45) is 5.57. The first kappa shape index (κ1) is 24.1. The molecule has 2 aromatic carbocycles. The molecule has 6 rings (SSSR count). The predicted octanol–water partition coefficient (Wildman–Crippen LogP) is 4.39. The topological polar surface area (TPSA) is 91.2 Å². The predicted molar refractivity (Wildman–Crippen MR) is 150 cm³/mol. The lowest BCUT2D eigenvalue weighted by Gasteiger charge is -2.34. The molecular formula is C29H32N8O. The van der Waals surface area contributed by atoms with Crippen molar-refractivity contribution in [2.75, 3.05) is 48.8 Å². The molecular weight excluding hydrogens is 476 g/mol. The Balaban J connectivity index is 1.21. The highest BCUT2D eigenvalue weighted by molar-refractivity contribution is 5.94. The number of nitrogens with zero attached hydrogens (tertiary/aromatic N) is 6. The number of anilines is 4. The van der Waals surface area contributed by atoms with E-state index in [-0.39, 0.29) is 11.8 Å². The fourth-order valence-electron chi connectivity index (χ4n) is 4.81. The molecule has 0 unspecified atom stereocenters. The fraction of sp³-hybridized carbons (Fsp3) is 0.310. The summed E-state index contributed by atoms with van der Waals surface area (Å²) >= 11 is 0. The van der Waals surface area contributed by atoms with Crippen LogP contribution in [0.3, 0.4) is 0 Å². The number of carbonyl (C=O) groups is 1. The first-order chi connectivity index (χ1) is 18.5. The third-order valence-electron chi connectivity index (χ3n) is 7.22. The van der Waals surface area contributed by atoms with Gasteiger partial charge in [0.2, 0.25) is 11.9 Å². The Morgan fingerprint density at radius 3 is 2.50 bits per heavy atom. The second-order valence-corrected chi connectivity index (χ2v) is 10.1. The smallest absolute Gasteiger partial charge is 0.227 e. The number of hydrogen-bond acceptors (Lipinski definition) is 7. The fourth-order valence-corrected chi connectivity index (χ4v) is 4.81. The van der Waals surface area contributed by atoms with Gasteiger partial charge in [-0.25, -0.2) is 9.97 Å². The SMILES string of the molecule is CN1CCN(c2cccc(Nc3nccc(-c4cnn(C)c4-c4ccc(NC(=O)C5CC5)cc4)n3)c2)CC1. The van der Waals surface area contributed by atoms with Gasteiger partial charge >= 0.3 is 0 Å². The highest BCUT2D eigenvalue weighted by atomic mass is 16.2. The van der Waals surface area contributed by atoms with E-state index < -0.39 is 0 Å². The largest absolute Gasteiger partial charge is 0.369 e. The molecule has 1 aliphatic heterocycles. The van der Waals surface area contributed by atoms with Crippen molar-refractivity contribution < 1.29 is 4.79 Å². The Morgan fingerprint density at radius 1 is 0.947 bits per heavy atom. The maximum atomic E-state index is 12.1. The van der Waals surface area contributed by atoms with Crippen molar-refractivity contribution in [3.8, 4) is 22.5 Å². The van der Waals surface area contributed by atoms with E-state index >= 15 is 0 Å². The zero-order valence-electron chi connectivity index (χ0n) is 21.8. The normalized spacial score (nSPS) is 15.9. The van der Waals surface area contributed by atoms with E-state index in [1.54, 1.807) is 6.20 Å². The first-order valence-electron chi connectivity index (χ1n) is 13.1. The first-order valence-corrected chi connectivity index (χ1v) is 13.1. The number of rotatable bonds is 7. The minimum Gasteiger partial charge on any atom is -0.369 e. The summed E-state index contributed by atoms with van der Waals surface area (Å²) in [5.41, 5.74) is 6.61. The van der Waals surface area contributed by atoms with Crippen molar-refractivity contribution in [2.45, 2.75) is 12.8 Å². The van der Waals surface area contributed by atoms with Crippen LogP contribution in [-0.4, -0.2) is 63.8 Å². The maximum absolute atomic E-state index is 12.1. The van der Waals surface area contributed by atoms with Gasteiger partial charge in [-0.1, -0.05) is 18.2 Å². The van der Waals surface area contributed by atoms with Crippen LogP contribution >= 0.6 is 0 Å². The molecule has 0 spiro atoms. The Morgan fingerprint density at radius 2 is 1.74 bits per heavy atom. The number of amides is 1. The second kappa shape index (κ2) is 10.3. The summed E-state index contributed by atoms with van der Waals surface area (Å²) in [4.78, 5) is 26.2. The number of aryl methyl sites for hydroxylation is 1. The van der Waals surface area contributed by atoms with E-state index in [2.05, 4.69) is 55.8 Å². The van der Waals surface area contributed by atoms with Crippen LogP contribution in [0.2, 0.25) is 0 Å². The maximum Gasteiger partial charge on any atom is 0.227 e. The van der Waals surface area contributed by atoms with E-state index in [0.29, 0.717) is 5.95 Å². The molecule has 9 heteroatoms. The van der Waals surface area contributed by atoms with Gasteiger partial charge in [0.05, 0.1) is 17.6 Å². The average molecular weight is 509 g/mol. The Labute approximate surface area is 222 Å². The number of carbonyl (C=O) groups excluding carboxylic acids is 1. The molecule has 194 valence electrons. The number of benzene rings is 2. The number of hydrogen-bond donors (Lipinski definition) is 2. The molecule has 1 aliphatic carbocycles. The van der Waals surface area contributed by atoms with E-state index in [4.69, 9.17) is 4.98 Å². The van der Waals surface area contributed by atoms with Crippen LogP contribution in [0.25, 0.3) is 22.5 Å². The van der Waals surface area contributed by atoms with Crippen LogP contribution < -0.4 is 15.5 Å². The Bertz CT molecular complexity index is 1440. The van der Waals surface area contributed by atoms with Crippen molar-refractivity contribution in [1.29, 1.82) is 0 Å². The molecule has 0 bridgehead atoms. The molecule has 1 amide bonds. The minimum absolute atomic E-state index is 0.106. The quantitative estimate of drug-likeness (QED) is 0.383. The third-order valence-corrected chi connectivity index (χ3v) is 7.22. The third kappa shape index (κ3) is 5.24. The van der Waals surface area contributed by atoms with Crippen LogP contribution in [0.15, 0.2) is 67.0 Å².